The van der Waals surface area contributed by atoms with Crippen molar-refractivity contribution in [1.29, 1.82) is 0 Å². The van der Waals surface area contributed by atoms with Crippen molar-refractivity contribution in [1.82, 2.24) is 0 Å². The molecular weight excluding hydrogens is 250 g/mol. The fourth-order valence-corrected chi connectivity index (χ4v) is 2.94. The number of benzene rings is 1. The van der Waals surface area contributed by atoms with E-state index in [9.17, 15) is 8.42 Å². The van der Waals surface area contributed by atoms with Crippen molar-refractivity contribution in [3.8, 4) is 0 Å². The van der Waals surface area contributed by atoms with Crippen LogP contribution in [0.1, 0.15) is 18.9 Å². The van der Waals surface area contributed by atoms with Gasteiger partial charge < -0.3 is 10.1 Å². The second-order valence-electron chi connectivity index (χ2n) is 4.21. The lowest BCUT2D eigenvalue weighted by Crippen LogP contribution is -2.18. The van der Waals surface area contributed by atoms with Crippen LogP contribution in [0.25, 0.3) is 0 Å². The highest BCUT2D eigenvalue weighted by Gasteiger charge is 2.08. The first-order valence-corrected chi connectivity index (χ1v) is 7.91. The van der Waals surface area contributed by atoms with Crippen molar-refractivity contribution in [2.75, 3.05) is 30.5 Å². The van der Waals surface area contributed by atoms with Crippen molar-refractivity contribution in [3.63, 3.8) is 0 Å². The zero-order valence-corrected chi connectivity index (χ0v) is 11.8. The Balaban J connectivity index is 2.46. The van der Waals surface area contributed by atoms with Gasteiger partial charge in [-0.25, -0.2) is 8.42 Å². The third-order valence-electron chi connectivity index (χ3n) is 2.50. The van der Waals surface area contributed by atoms with Gasteiger partial charge in [0.05, 0.1) is 12.4 Å². The molecule has 4 nitrogen and oxygen atoms in total. The van der Waals surface area contributed by atoms with Gasteiger partial charge in [-0.2, -0.15) is 0 Å². The van der Waals surface area contributed by atoms with Crippen molar-refractivity contribution >= 4 is 15.5 Å². The fourth-order valence-electron chi connectivity index (χ4n) is 1.70. The van der Waals surface area contributed by atoms with Gasteiger partial charge in [-0.3, -0.25) is 0 Å². The molecule has 1 aromatic rings. The molecule has 0 aliphatic heterocycles. The summed E-state index contributed by atoms with van der Waals surface area (Å²) in [5, 5.41) is 3.12. The molecule has 0 saturated carbocycles. The average Bonchev–Trinajstić information content (AvgIpc) is 2.29. The maximum Gasteiger partial charge on any atom is 0.152 e. The minimum atomic E-state index is -2.91. The van der Waals surface area contributed by atoms with E-state index in [0.717, 1.165) is 11.3 Å². The molecule has 0 saturated heterocycles. The smallest absolute Gasteiger partial charge is 0.152 e. The molecule has 1 rings (SSSR count). The molecule has 0 aromatic heterocycles. The molecule has 0 amide bonds. The van der Waals surface area contributed by atoms with Crippen LogP contribution in [0.4, 0.5) is 5.69 Å². The summed E-state index contributed by atoms with van der Waals surface area (Å²) >= 11 is 0. The van der Waals surface area contributed by atoms with Crippen LogP contribution >= 0.6 is 0 Å². The van der Waals surface area contributed by atoms with Gasteiger partial charge in [-0.1, -0.05) is 19.1 Å². The molecule has 0 heterocycles. The Bertz CT molecular complexity index is 457. The van der Waals surface area contributed by atoms with Gasteiger partial charge in [0.2, 0.25) is 0 Å². The molecule has 1 N–H and O–H groups in total. The quantitative estimate of drug-likeness (QED) is 0.786. The van der Waals surface area contributed by atoms with E-state index in [1.165, 1.54) is 0 Å². The number of sulfone groups is 1. The van der Waals surface area contributed by atoms with Crippen molar-refractivity contribution in [2.45, 2.75) is 20.0 Å². The van der Waals surface area contributed by atoms with Crippen LogP contribution in [-0.4, -0.2) is 33.6 Å². The molecule has 0 fully saturated rings. The van der Waals surface area contributed by atoms with Crippen molar-refractivity contribution in [2.24, 2.45) is 0 Å². The molecule has 5 heteroatoms. The summed E-state index contributed by atoms with van der Waals surface area (Å²) in [6.07, 6.45) is 0.672. The van der Waals surface area contributed by atoms with E-state index in [2.05, 4.69) is 5.32 Å². The Morgan fingerprint density at radius 1 is 1.28 bits per heavy atom. The number of hydrogen-bond acceptors (Lipinski definition) is 4. The molecule has 0 bridgehead atoms. The summed E-state index contributed by atoms with van der Waals surface area (Å²) in [5.74, 6) is 0.438. The topological polar surface area (TPSA) is 55.4 Å². The Kier molecular flexibility index (Phi) is 6.15. The van der Waals surface area contributed by atoms with Gasteiger partial charge in [0.25, 0.3) is 0 Å². The van der Waals surface area contributed by atoms with E-state index >= 15 is 0 Å². The number of methoxy groups -OCH3 is 1. The van der Waals surface area contributed by atoms with Gasteiger partial charge in [-0.05, 0) is 24.1 Å². The maximum atomic E-state index is 11.5. The van der Waals surface area contributed by atoms with E-state index in [4.69, 9.17) is 4.74 Å². The normalized spacial score (nSPS) is 11.4. The summed E-state index contributed by atoms with van der Waals surface area (Å²) in [6, 6.07) is 7.79. The Morgan fingerprint density at radius 2 is 2.06 bits per heavy atom. The Morgan fingerprint density at radius 3 is 2.72 bits per heavy atom. The first-order chi connectivity index (χ1) is 8.57. The van der Waals surface area contributed by atoms with E-state index in [0.29, 0.717) is 19.6 Å². The molecular formula is C13H21NO3S. The molecule has 102 valence electrons. The lowest BCUT2D eigenvalue weighted by molar-refractivity contribution is 0.185. The first kappa shape index (κ1) is 15.0. The van der Waals surface area contributed by atoms with E-state index in [1.807, 2.05) is 31.2 Å². The monoisotopic (exact) mass is 271 g/mol. The van der Waals surface area contributed by atoms with Crippen LogP contribution in [0.15, 0.2) is 24.3 Å². The van der Waals surface area contributed by atoms with Crippen LogP contribution in [-0.2, 0) is 21.2 Å². The van der Waals surface area contributed by atoms with E-state index in [-0.39, 0.29) is 11.5 Å². The van der Waals surface area contributed by atoms with Gasteiger partial charge in [0.1, 0.15) is 0 Å². The van der Waals surface area contributed by atoms with Gasteiger partial charge >= 0.3 is 0 Å². The van der Waals surface area contributed by atoms with Crippen LogP contribution in [0.2, 0.25) is 0 Å². The zero-order valence-electron chi connectivity index (χ0n) is 11.0. The Labute approximate surface area is 109 Å². The summed E-state index contributed by atoms with van der Waals surface area (Å²) in [5.41, 5.74) is 2.00. The minimum absolute atomic E-state index is 0.176. The molecule has 0 radical (unpaired) electrons. The average molecular weight is 271 g/mol. The van der Waals surface area contributed by atoms with Crippen LogP contribution in [0.5, 0.6) is 0 Å². The summed E-state index contributed by atoms with van der Waals surface area (Å²) in [4.78, 5) is 0. The molecule has 0 unspecified atom stereocenters. The third kappa shape index (κ3) is 5.51. The number of anilines is 1. The lowest BCUT2D eigenvalue weighted by Gasteiger charge is -2.08. The van der Waals surface area contributed by atoms with Crippen LogP contribution in [0.3, 0.4) is 0 Å². The number of ether oxygens (including phenoxy) is 1. The molecule has 18 heavy (non-hydrogen) atoms. The van der Waals surface area contributed by atoms with Gasteiger partial charge in [0, 0.05) is 25.1 Å². The predicted octanol–water partition coefficient (Wildman–Crippen LogP) is 2.07. The lowest BCUT2D eigenvalue weighted by atomic mass is 10.2. The van der Waals surface area contributed by atoms with Gasteiger partial charge in [-0.15, -0.1) is 0 Å². The maximum absolute atomic E-state index is 11.5. The Hall–Kier alpha value is -1.07. The van der Waals surface area contributed by atoms with E-state index < -0.39 is 9.84 Å². The zero-order chi connectivity index (χ0) is 13.4. The molecule has 0 aliphatic carbocycles. The van der Waals surface area contributed by atoms with Gasteiger partial charge in [0.15, 0.2) is 9.84 Å². The molecule has 0 atom stereocenters. The fraction of sp³-hybridized carbons (Fsp3) is 0.538. The number of nitrogens with one attached hydrogen (secondary N) is 1. The highest BCUT2D eigenvalue weighted by atomic mass is 32.2. The standard InChI is InChI=1S/C13H21NO3S/c1-3-8-18(15,16)9-7-14-13-6-4-5-12(10-13)11-17-2/h4-6,10,14H,3,7-9,11H2,1-2H3. The summed E-state index contributed by atoms with van der Waals surface area (Å²) in [6.45, 7) is 2.88. The molecule has 0 spiro atoms. The second-order valence-corrected chi connectivity index (χ2v) is 6.52. The number of hydrogen-bond donors (Lipinski definition) is 1. The summed E-state index contributed by atoms with van der Waals surface area (Å²) < 4.78 is 28.1. The highest BCUT2D eigenvalue weighted by Crippen LogP contribution is 2.11. The predicted molar refractivity (Wildman–Crippen MR) is 74.6 cm³/mol. The molecule has 1 aromatic carbocycles. The SMILES string of the molecule is CCCS(=O)(=O)CCNc1cccc(COC)c1. The van der Waals surface area contributed by atoms with Crippen LogP contribution < -0.4 is 5.32 Å². The largest absolute Gasteiger partial charge is 0.384 e. The van der Waals surface area contributed by atoms with Crippen LogP contribution in [0, 0.1) is 0 Å². The first-order valence-electron chi connectivity index (χ1n) is 6.09. The van der Waals surface area contributed by atoms with Crippen molar-refractivity contribution in [3.05, 3.63) is 29.8 Å². The third-order valence-corrected chi connectivity index (χ3v) is 4.35. The second kappa shape index (κ2) is 7.38. The minimum Gasteiger partial charge on any atom is -0.384 e. The molecule has 0 aliphatic rings. The summed E-state index contributed by atoms with van der Waals surface area (Å²) in [7, 11) is -1.26. The van der Waals surface area contributed by atoms with E-state index in [1.54, 1.807) is 7.11 Å². The number of rotatable bonds is 8. The van der Waals surface area contributed by atoms with Crippen molar-refractivity contribution < 1.29 is 13.2 Å². The highest BCUT2D eigenvalue weighted by molar-refractivity contribution is 7.91.